The zero-order valence-corrected chi connectivity index (χ0v) is 10.00. The number of hydrogen-bond donors (Lipinski definition) is 0. The number of rotatable bonds is 2. The number of ketones is 1. The number of hydrogen-bond acceptors (Lipinski definition) is 2. The first-order valence-corrected chi connectivity index (χ1v) is 5.43. The molecule has 92 valence electrons. The molecule has 2 nitrogen and oxygen atoms in total. The number of halogens is 2. The predicted octanol–water partition coefficient (Wildman–Crippen LogP) is 3.21. The van der Waals surface area contributed by atoms with Crippen LogP contribution >= 0.6 is 0 Å². The monoisotopic (exact) mass is 247 g/mol. The molecule has 18 heavy (non-hydrogen) atoms. The van der Waals surface area contributed by atoms with Crippen molar-refractivity contribution < 1.29 is 13.6 Å². The van der Waals surface area contributed by atoms with E-state index in [4.69, 9.17) is 0 Å². The number of aryl methyl sites for hydroxylation is 2. The van der Waals surface area contributed by atoms with Crippen LogP contribution in [0.3, 0.4) is 0 Å². The van der Waals surface area contributed by atoms with Crippen LogP contribution < -0.4 is 0 Å². The van der Waals surface area contributed by atoms with Gasteiger partial charge in [-0.25, -0.2) is 8.78 Å². The average Bonchev–Trinajstić information content (AvgIpc) is 2.27. The molecule has 0 aliphatic heterocycles. The van der Waals surface area contributed by atoms with E-state index in [1.165, 1.54) is 18.2 Å². The molecule has 0 radical (unpaired) electrons. The largest absolute Gasteiger partial charge is 0.288 e. The molecule has 0 N–H and O–H groups in total. The van der Waals surface area contributed by atoms with E-state index >= 15 is 0 Å². The summed E-state index contributed by atoms with van der Waals surface area (Å²) in [6.07, 6.45) is 0. The summed E-state index contributed by atoms with van der Waals surface area (Å²) in [4.78, 5) is 16.2. The maximum Gasteiger partial charge on any atom is 0.199 e. The second-order valence-corrected chi connectivity index (χ2v) is 4.06. The van der Waals surface area contributed by atoms with Crippen LogP contribution in [0.4, 0.5) is 8.78 Å². The summed E-state index contributed by atoms with van der Waals surface area (Å²) in [5.74, 6) is -2.38. The molecule has 0 fully saturated rings. The van der Waals surface area contributed by atoms with Crippen LogP contribution in [0.5, 0.6) is 0 Å². The first kappa shape index (κ1) is 12.4. The quantitative estimate of drug-likeness (QED) is 0.763. The molecule has 0 bridgehead atoms. The van der Waals surface area contributed by atoms with Crippen LogP contribution in [-0.2, 0) is 0 Å². The summed E-state index contributed by atoms with van der Waals surface area (Å²) in [5.41, 5.74) is 0.983. The third kappa shape index (κ3) is 2.27. The summed E-state index contributed by atoms with van der Waals surface area (Å²) >= 11 is 0. The Bertz CT molecular complexity index is 583. The summed E-state index contributed by atoms with van der Waals surface area (Å²) in [5, 5.41) is 0. The third-order valence-corrected chi connectivity index (χ3v) is 2.53. The van der Waals surface area contributed by atoms with Gasteiger partial charge in [0, 0.05) is 17.0 Å². The predicted molar refractivity (Wildman–Crippen MR) is 63.5 cm³/mol. The van der Waals surface area contributed by atoms with Crippen molar-refractivity contribution in [3.63, 3.8) is 0 Å². The molecule has 1 heterocycles. The summed E-state index contributed by atoms with van der Waals surface area (Å²) in [7, 11) is 0. The molecule has 0 saturated carbocycles. The molecule has 0 atom stereocenters. The lowest BCUT2D eigenvalue weighted by molar-refractivity contribution is 0.103. The van der Waals surface area contributed by atoms with Crippen molar-refractivity contribution in [1.29, 1.82) is 0 Å². The van der Waals surface area contributed by atoms with E-state index in [1.54, 1.807) is 13.8 Å². The SMILES string of the molecule is Cc1cc(C(=O)c2c(F)cccc2F)cc(C)n1. The number of aromatic nitrogens is 1. The van der Waals surface area contributed by atoms with E-state index in [-0.39, 0.29) is 5.56 Å². The third-order valence-electron chi connectivity index (χ3n) is 2.53. The zero-order chi connectivity index (χ0) is 13.3. The van der Waals surface area contributed by atoms with Gasteiger partial charge in [-0.15, -0.1) is 0 Å². The Balaban J connectivity index is 2.55. The highest BCUT2D eigenvalue weighted by atomic mass is 19.1. The van der Waals surface area contributed by atoms with Gasteiger partial charge in [0.15, 0.2) is 5.78 Å². The average molecular weight is 247 g/mol. The van der Waals surface area contributed by atoms with Crippen molar-refractivity contribution >= 4 is 5.78 Å². The highest BCUT2D eigenvalue weighted by Crippen LogP contribution is 2.18. The maximum absolute atomic E-state index is 13.5. The van der Waals surface area contributed by atoms with Gasteiger partial charge in [-0.2, -0.15) is 0 Å². The second kappa shape index (κ2) is 4.64. The molecule has 0 aliphatic carbocycles. The Morgan fingerprint density at radius 2 is 1.56 bits per heavy atom. The minimum absolute atomic E-state index is 0.240. The van der Waals surface area contributed by atoms with Gasteiger partial charge in [-0.05, 0) is 38.1 Å². The number of benzene rings is 1. The fourth-order valence-electron chi connectivity index (χ4n) is 1.82. The summed E-state index contributed by atoms with van der Waals surface area (Å²) in [6, 6.07) is 6.39. The highest BCUT2D eigenvalue weighted by Gasteiger charge is 2.19. The van der Waals surface area contributed by atoms with Gasteiger partial charge in [-0.3, -0.25) is 9.78 Å². The molecule has 0 unspecified atom stereocenters. The Labute approximate surface area is 103 Å². The number of carbonyl (C=O) groups is 1. The van der Waals surface area contributed by atoms with Crippen molar-refractivity contribution in [2.75, 3.05) is 0 Å². The standard InChI is InChI=1S/C14H11F2NO/c1-8-6-10(7-9(2)17-8)14(18)13-11(15)4-3-5-12(13)16/h3-7H,1-2H3. The van der Waals surface area contributed by atoms with E-state index < -0.39 is 23.0 Å². The highest BCUT2D eigenvalue weighted by molar-refractivity contribution is 6.09. The summed E-state index contributed by atoms with van der Waals surface area (Å²) in [6.45, 7) is 3.45. The molecule has 1 aromatic carbocycles. The fourth-order valence-corrected chi connectivity index (χ4v) is 1.82. The van der Waals surface area contributed by atoms with Gasteiger partial charge in [0.1, 0.15) is 11.6 Å². The zero-order valence-electron chi connectivity index (χ0n) is 10.00. The fraction of sp³-hybridized carbons (Fsp3) is 0.143. The molecule has 0 spiro atoms. The van der Waals surface area contributed by atoms with Crippen molar-refractivity contribution in [2.45, 2.75) is 13.8 Å². The van der Waals surface area contributed by atoms with Crippen LogP contribution in [0.1, 0.15) is 27.3 Å². The van der Waals surface area contributed by atoms with Crippen molar-refractivity contribution in [2.24, 2.45) is 0 Å². The number of nitrogens with zero attached hydrogens (tertiary/aromatic N) is 1. The van der Waals surface area contributed by atoms with E-state index in [0.717, 1.165) is 12.1 Å². The van der Waals surface area contributed by atoms with Gasteiger partial charge >= 0.3 is 0 Å². The molecule has 2 rings (SSSR count). The second-order valence-electron chi connectivity index (χ2n) is 4.06. The molecule has 0 saturated heterocycles. The van der Waals surface area contributed by atoms with E-state index in [0.29, 0.717) is 11.4 Å². The van der Waals surface area contributed by atoms with Crippen LogP contribution in [0.2, 0.25) is 0 Å². The van der Waals surface area contributed by atoms with Crippen molar-refractivity contribution in [3.05, 3.63) is 64.5 Å². The van der Waals surface area contributed by atoms with Gasteiger partial charge in [0.05, 0.1) is 5.56 Å². The van der Waals surface area contributed by atoms with Gasteiger partial charge in [0.2, 0.25) is 0 Å². The number of pyridine rings is 1. The topological polar surface area (TPSA) is 30.0 Å². The molecule has 0 aliphatic rings. The normalized spacial score (nSPS) is 10.4. The van der Waals surface area contributed by atoms with E-state index in [2.05, 4.69) is 4.98 Å². The lowest BCUT2D eigenvalue weighted by Crippen LogP contribution is -2.08. The maximum atomic E-state index is 13.5. The molecule has 0 amide bonds. The first-order valence-electron chi connectivity index (χ1n) is 5.43. The van der Waals surface area contributed by atoms with Crippen LogP contribution in [-0.4, -0.2) is 10.8 Å². The summed E-state index contributed by atoms with van der Waals surface area (Å²) < 4.78 is 27.0. The lowest BCUT2D eigenvalue weighted by Gasteiger charge is -2.06. The van der Waals surface area contributed by atoms with Gasteiger partial charge in [0.25, 0.3) is 0 Å². The van der Waals surface area contributed by atoms with Gasteiger partial charge < -0.3 is 0 Å². The Morgan fingerprint density at radius 1 is 1.06 bits per heavy atom. The smallest absolute Gasteiger partial charge is 0.199 e. The minimum atomic E-state index is -0.855. The van der Waals surface area contributed by atoms with E-state index in [1.807, 2.05) is 0 Å². The minimum Gasteiger partial charge on any atom is -0.288 e. The number of carbonyl (C=O) groups excluding carboxylic acids is 1. The van der Waals surface area contributed by atoms with Gasteiger partial charge in [-0.1, -0.05) is 6.07 Å². The van der Waals surface area contributed by atoms with Crippen LogP contribution in [0, 0.1) is 25.5 Å². The van der Waals surface area contributed by atoms with Crippen LogP contribution in [0.15, 0.2) is 30.3 Å². The molecule has 4 heteroatoms. The Hall–Kier alpha value is -2.10. The lowest BCUT2D eigenvalue weighted by atomic mass is 10.0. The van der Waals surface area contributed by atoms with Crippen molar-refractivity contribution in [3.8, 4) is 0 Å². The Kier molecular flexibility index (Phi) is 3.19. The molecule has 1 aromatic heterocycles. The van der Waals surface area contributed by atoms with Crippen molar-refractivity contribution in [1.82, 2.24) is 4.98 Å². The molecular formula is C14H11F2NO. The molecule has 2 aromatic rings. The molecular weight excluding hydrogens is 236 g/mol. The first-order chi connectivity index (χ1) is 8.49. The van der Waals surface area contributed by atoms with E-state index in [9.17, 15) is 13.6 Å². The van der Waals surface area contributed by atoms with Crippen LogP contribution in [0.25, 0.3) is 0 Å². The Morgan fingerprint density at radius 3 is 2.06 bits per heavy atom.